The number of carbonyl (C=O) groups excluding carboxylic acids is 1. The fourth-order valence-electron chi connectivity index (χ4n) is 4.22. The number of hydrogen-bond acceptors (Lipinski definition) is 5. The summed E-state index contributed by atoms with van der Waals surface area (Å²) in [7, 11) is 1.63. The second-order valence-corrected chi connectivity index (χ2v) is 8.38. The number of thiazole rings is 1. The molecule has 0 bridgehead atoms. The fraction of sp³-hybridized carbons (Fsp3) is 0.304. The summed E-state index contributed by atoms with van der Waals surface area (Å²) in [6, 6.07) is 16.1. The van der Waals surface area contributed by atoms with Gasteiger partial charge < -0.3 is 15.4 Å². The molecule has 0 atom stereocenters. The maximum absolute atomic E-state index is 13.2. The summed E-state index contributed by atoms with van der Waals surface area (Å²) in [5.74, 6) is 0.839. The lowest BCUT2D eigenvalue weighted by atomic mass is 9.70. The Bertz CT molecular complexity index is 1010. The molecule has 0 unspecified atom stereocenters. The Labute approximate surface area is 175 Å². The highest BCUT2D eigenvalue weighted by molar-refractivity contribution is 7.13. The van der Waals surface area contributed by atoms with E-state index in [4.69, 9.17) is 10.5 Å². The van der Waals surface area contributed by atoms with Crippen LogP contribution in [0.5, 0.6) is 5.75 Å². The molecule has 1 aromatic heterocycles. The first-order valence-electron chi connectivity index (χ1n) is 9.74. The van der Waals surface area contributed by atoms with Crippen molar-refractivity contribution in [2.45, 2.75) is 25.2 Å². The molecule has 3 aromatic rings. The van der Waals surface area contributed by atoms with Gasteiger partial charge in [-0.25, -0.2) is 4.98 Å². The predicted octanol–water partition coefficient (Wildman–Crippen LogP) is 4.26. The van der Waals surface area contributed by atoms with E-state index in [-0.39, 0.29) is 11.3 Å². The molecule has 0 spiro atoms. The molecule has 1 amide bonds. The van der Waals surface area contributed by atoms with E-state index in [0.717, 1.165) is 35.4 Å². The predicted molar refractivity (Wildman–Crippen MR) is 117 cm³/mol. The number of aromatic nitrogens is 1. The minimum Gasteiger partial charge on any atom is -0.497 e. The lowest BCUT2D eigenvalue weighted by molar-refractivity contribution is 0.0683. The van der Waals surface area contributed by atoms with Crippen LogP contribution in [0.25, 0.3) is 0 Å². The van der Waals surface area contributed by atoms with Crippen molar-refractivity contribution in [2.75, 3.05) is 25.9 Å². The van der Waals surface area contributed by atoms with Crippen LogP contribution >= 0.6 is 11.3 Å². The van der Waals surface area contributed by atoms with Gasteiger partial charge in [-0.15, -0.1) is 11.3 Å². The van der Waals surface area contributed by atoms with Crippen LogP contribution in [0.1, 0.15) is 40.0 Å². The maximum atomic E-state index is 13.2. The molecule has 1 aliphatic heterocycles. The minimum absolute atomic E-state index is 0.0737. The summed E-state index contributed by atoms with van der Waals surface area (Å²) in [5, 5.41) is 2.65. The molecular weight excluding hydrogens is 382 g/mol. The zero-order valence-electron chi connectivity index (χ0n) is 16.7. The van der Waals surface area contributed by atoms with Crippen molar-refractivity contribution in [1.82, 2.24) is 9.88 Å². The molecule has 1 aliphatic rings. The standard InChI is InChI=1S/C23H25N3O2S/c1-16-14-18(28-2)8-9-19(16)21(27)26-12-10-23(11-13-26,17-6-4-3-5-7-17)20-15-29-22(24)25-20/h3-9,14-15H,10-13H2,1-2H3,(H2,24,25). The number of carbonyl (C=O) groups is 1. The number of anilines is 1. The molecule has 1 saturated heterocycles. The largest absolute Gasteiger partial charge is 0.497 e. The van der Waals surface area contributed by atoms with Crippen LogP contribution in [0.2, 0.25) is 0 Å². The summed E-state index contributed by atoms with van der Waals surface area (Å²) in [6.45, 7) is 3.30. The first-order valence-corrected chi connectivity index (χ1v) is 10.6. The van der Waals surface area contributed by atoms with Crippen molar-refractivity contribution >= 4 is 22.4 Å². The van der Waals surface area contributed by atoms with Crippen molar-refractivity contribution in [3.05, 3.63) is 76.3 Å². The summed E-state index contributed by atoms with van der Waals surface area (Å²) < 4.78 is 5.26. The molecule has 2 heterocycles. The number of nitrogens with zero attached hydrogens (tertiary/aromatic N) is 2. The molecular formula is C23H25N3O2S. The molecule has 5 nitrogen and oxygen atoms in total. The average Bonchev–Trinajstić information content (AvgIpc) is 3.20. The van der Waals surface area contributed by atoms with Crippen molar-refractivity contribution in [3.63, 3.8) is 0 Å². The summed E-state index contributed by atoms with van der Waals surface area (Å²) in [5.41, 5.74) is 9.65. The smallest absolute Gasteiger partial charge is 0.254 e. The van der Waals surface area contributed by atoms with E-state index in [1.165, 1.54) is 16.9 Å². The number of rotatable bonds is 4. The molecule has 0 radical (unpaired) electrons. The highest BCUT2D eigenvalue weighted by atomic mass is 32.1. The monoisotopic (exact) mass is 407 g/mol. The van der Waals surface area contributed by atoms with Gasteiger partial charge in [-0.05, 0) is 49.1 Å². The third kappa shape index (κ3) is 3.60. The normalized spacial score (nSPS) is 15.9. The first kappa shape index (κ1) is 19.5. The number of nitrogens with two attached hydrogens (primary N) is 1. The van der Waals surface area contributed by atoms with E-state index in [0.29, 0.717) is 18.2 Å². The van der Waals surface area contributed by atoms with E-state index in [9.17, 15) is 4.79 Å². The molecule has 0 saturated carbocycles. The van der Waals surface area contributed by atoms with Gasteiger partial charge in [0.25, 0.3) is 5.91 Å². The van der Waals surface area contributed by atoms with Gasteiger partial charge in [0, 0.05) is 29.4 Å². The number of likely N-dealkylation sites (tertiary alicyclic amines) is 1. The number of amides is 1. The lowest BCUT2D eigenvalue weighted by Crippen LogP contribution is -2.46. The summed E-state index contributed by atoms with van der Waals surface area (Å²) >= 11 is 1.47. The molecule has 150 valence electrons. The van der Waals surface area contributed by atoms with Crippen molar-refractivity contribution < 1.29 is 9.53 Å². The molecule has 2 aromatic carbocycles. The zero-order chi connectivity index (χ0) is 20.4. The molecule has 4 rings (SSSR count). The van der Waals surface area contributed by atoms with Gasteiger partial charge in [0.1, 0.15) is 5.75 Å². The van der Waals surface area contributed by atoms with E-state index in [1.807, 2.05) is 36.1 Å². The highest BCUT2D eigenvalue weighted by Gasteiger charge is 2.41. The number of nitrogen functional groups attached to an aromatic ring is 1. The van der Waals surface area contributed by atoms with Gasteiger partial charge >= 0.3 is 0 Å². The van der Waals surface area contributed by atoms with Crippen molar-refractivity contribution in [3.8, 4) is 5.75 Å². The van der Waals surface area contributed by atoms with Gasteiger partial charge in [0.15, 0.2) is 5.13 Å². The second kappa shape index (κ2) is 7.87. The molecule has 2 N–H and O–H groups in total. The number of hydrogen-bond donors (Lipinski definition) is 1. The molecule has 1 fully saturated rings. The Morgan fingerprint density at radius 3 is 2.48 bits per heavy atom. The van der Waals surface area contributed by atoms with E-state index in [1.54, 1.807) is 7.11 Å². The van der Waals surface area contributed by atoms with Crippen LogP contribution in [-0.4, -0.2) is 36.0 Å². The quantitative estimate of drug-likeness (QED) is 0.701. The Kier molecular flexibility index (Phi) is 5.28. The number of ether oxygens (including phenoxy) is 1. The van der Waals surface area contributed by atoms with Gasteiger partial charge in [-0.2, -0.15) is 0 Å². The van der Waals surface area contributed by atoms with Crippen LogP contribution in [-0.2, 0) is 5.41 Å². The number of piperidine rings is 1. The Morgan fingerprint density at radius 2 is 1.90 bits per heavy atom. The SMILES string of the molecule is COc1ccc(C(=O)N2CCC(c3ccccc3)(c3csc(N)n3)CC2)c(C)c1. The van der Waals surface area contributed by atoms with E-state index < -0.39 is 0 Å². The van der Waals surface area contributed by atoms with Crippen molar-refractivity contribution in [1.29, 1.82) is 0 Å². The Balaban J connectivity index is 1.60. The van der Waals surface area contributed by atoms with Crippen LogP contribution in [0, 0.1) is 6.92 Å². The van der Waals surface area contributed by atoms with Crippen LogP contribution in [0.3, 0.4) is 0 Å². The van der Waals surface area contributed by atoms with Crippen LogP contribution in [0.4, 0.5) is 5.13 Å². The number of methoxy groups -OCH3 is 1. The summed E-state index contributed by atoms with van der Waals surface area (Å²) in [6.07, 6.45) is 1.64. The highest BCUT2D eigenvalue weighted by Crippen LogP contribution is 2.42. The van der Waals surface area contributed by atoms with Crippen molar-refractivity contribution in [2.24, 2.45) is 0 Å². The van der Waals surface area contributed by atoms with E-state index >= 15 is 0 Å². The van der Waals surface area contributed by atoms with Crippen LogP contribution < -0.4 is 10.5 Å². The van der Waals surface area contributed by atoms with Gasteiger partial charge in [0.2, 0.25) is 0 Å². The van der Waals surface area contributed by atoms with Gasteiger partial charge in [-0.1, -0.05) is 30.3 Å². The third-order valence-corrected chi connectivity index (χ3v) is 6.58. The number of benzene rings is 2. The summed E-state index contributed by atoms with van der Waals surface area (Å²) in [4.78, 5) is 19.7. The van der Waals surface area contributed by atoms with Gasteiger partial charge in [0.05, 0.1) is 12.8 Å². The van der Waals surface area contributed by atoms with Gasteiger partial charge in [-0.3, -0.25) is 4.79 Å². The third-order valence-electron chi connectivity index (χ3n) is 5.91. The fourth-order valence-corrected chi connectivity index (χ4v) is 4.88. The molecule has 0 aliphatic carbocycles. The molecule has 6 heteroatoms. The second-order valence-electron chi connectivity index (χ2n) is 7.49. The molecule has 29 heavy (non-hydrogen) atoms. The topological polar surface area (TPSA) is 68.5 Å². The average molecular weight is 408 g/mol. The lowest BCUT2D eigenvalue weighted by Gasteiger charge is -2.41. The first-order chi connectivity index (χ1) is 14.0. The van der Waals surface area contributed by atoms with E-state index in [2.05, 4.69) is 34.6 Å². The Morgan fingerprint density at radius 1 is 1.17 bits per heavy atom. The minimum atomic E-state index is -0.207. The zero-order valence-corrected chi connectivity index (χ0v) is 17.5. The van der Waals surface area contributed by atoms with Crippen LogP contribution in [0.15, 0.2) is 53.9 Å². The maximum Gasteiger partial charge on any atom is 0.254 e. The number of aryl methyl sites for hydroxylation is 1. The Hall–Kier alpha value is -2.86.